The number of aromatic nitrogens is 4. The van der Waals surface area contributed by atoms with Gasteiger partial charge >= 0.3 is 0 Å². The van der Waals surface area contributed by atoms with Gasteiger partial charge in [-0.1, -0.05) is 41.6 Å². The molecule has 0 saturated carbocycles. The van der Waals surface area contributed by atoms with Gasteiger partial charge in [0.25, 0.3) is 0 Å². The SMILES string of the molecule is CC(=O)c1cccc(OC[C@H](O)CSc2nnnn2-c2ccc(C)cc2C)c1. The first-order valence-electron chi connectivity index (χ1n) is 8.84. The number of ketones is 1. The highest BCUT2D eigenvalue weighted by molar-refractivity contribution is 7.99. The van der Waals surface area contributed by atoms with Gasteiger partial charge in [0.05, 0.1) is 11.8 Å². The second-order valence-corrected chi connectivity index (χ2v) is 7.51. The number of carbonyl (C=O) groups is 1. The van der Waals surface area contributed by atoms with Gasteiger partial charge in [-0.25, -0.2) is 0 Å². The van der Waals surface area contributed by atoms with Crippen LogP contribution in [0.4, 0.5) is 0 Å². The molecule has 2 aromatic carbocycles. The Labute approximate surface area is 167 Å². The van der Waals surface area contributed by atoms with Gasteiger partial charge in [-0.3, -0.25) is 4.79 Å². The fraction of sp³-hybridized carbons (Fsp3) is 0.300. The summed E-state index contributed by atoms with van der Waals surface area (Å²) in [6.45, 7) is 5.66. The molecule has 3 aromatic rings. The Bertz CT molecular complexity index is 974. The number of aliphatic hydroxyl groups is 1. The van der Waals surface area contributed by atoms with Crippen molar-refractivity contribution in [3.05, 3.63) is 59.2 Å². The van der Waals surface area contributed by atoms with E-state index in [1.54, 1.807) is 28.9 Å². The minimum Gasteiger partial charge on any atom is -0.491 e. The Morgan fingerprint density at radius 1 is 1.25 bits per heavy atom. The molecular weight excluding hydrogens is 376 g/mol. The average Bonchev–Trinajstić information content (AvgIpc) is 3.13. The smallest absolute Gasteiger partial charge is 0.214 e. The Kier molecular flexibility index (Phi) is 6.43. The summed E-state index contributed by atoms with van der Waals surface area (Å²) in [6.07, 6.45) is -0.713. The number of hydrogen-bond donors (Lipinski definition) is 1. The van der Waals surface area contributed by atoms with Crippen LogP contribution in [-0.4, -0.2) is 49.6 Å². The molecule has 0 aliphatic heterocycles. The van der Waals surface area contributed by atoms with E-state index in [0.717, 1.165) is 11.3 Å². The van der Waals surface area contributed by atoms with Crippen molar-refractivity contribution in [1.29, 1.82) is 0 Å². The zero-order chi connectivity index (χ0) is 20.1. The van der Waals surface area contributed by atoms with Crippen molar-refractivity contribution < 1.29 is 14.6 Å². The van der Waals surface area contributed by atoms with E-state index in [-0.39, 0.29) is 12.4 Å². The lowest BCUT2D eigenvalue weighted by molar-refractivity contribution is 0.101. The highest BCUT2D eigenvalue weighted by Gasteiger charge is 2.14. The standard InChI is InChI=1S/C20H22N4O3S/c1-13-7-8-19(14(2)9-13)24-20(21-22-23-24)28-12-17(26)11-27-18-6-4-5-16(10-18)15(3)25/h4-10,17,26H,11-12H2,1-3H3/t17-/m0/s1. The molecule has 7 nitrogen and oxygen atoms in total. The monoisotopic (exact) mass is 398 g/mol. The summed E-state index contributed by atoms with van der Waals surface area (Å²) < 4.78 is 7.27. The van der Waals surface area contributed by atoms with E-state index in [1.165, 1.54) is 24.2 Å². The summed E-state index contributed by atoms with van der Waals surface area (Å²) in [5.74, 6) is 0.897. The maximum absolute atomic E-state index is 11.4. The minimum atomic E-state index is -0.713. The molecule has 8 heteroatoms. The Morgan fingerprint density at radius 3 is 2.82 bits per heavy atom. The summed E-state index contributed by atoms with van der Waals surface area (Å²) in [6, 6.07) is 13.0. The van der Waals surface area contributed by atoms with Crippen LogP contribution in [-0.2, 0) is 0 Å². The molecule has 1 heterocycles. The van der Waals surface area contributed by atoms with Crippen molar-refractivity contribution in [1.82, 2.24) is 20.2 Å². The summed E-state index contributed by atoms with van der Waals surface area (Å²) in [7, 11) is 0. The van der Waals surface area contributed by atoms with Crippen LogP contribution in [0.1, 0.15) is 28.4 Å². The van der Waals surface area contributed by atoms with Crippen LogP contribution in [0.15, 0.2) is 47.6 Å². The predicted octanol–water partition coefficient (Wildman–Crippen LogP) is 3.01. The number of Topliss-reactive ketones (excluding diaryl/α,β-unsaturated/α-hetero) is 1. The van der Waals surface area contributed by atoms with Gasteiger partial charge in [0.2, 0.25) is 5.16 Å². The Balaban J connectivity index is 1.58. The van der Waals surface area contributed by atoms with Crippen LogP contribution in [0.5, 0.6) is 5.75 Å². The summed E-state index contributed by atoms with van der Waals surface area (Å²) in [5.41, 5.74) is 3.73. The van der Waals surface area contributed by atoms with Crippen molar-refractivity contribution >= 4 is 17.5 Å². The van der Waals surface area contributed by atoms with E-state index in [2.05, 4.69) is 21.6 Å². The van der Waals surface area contributed by atoms with Crippen molar-refractivity contribution in [2.45, 2.75) is 32.0 Å². The molecular formula is C20H22N4O3S. The molecule has 0 aliphatic carbocycles. The molecule has 1 atom stereocenters. The highest BCUT2D eigenvalue weighted by atomic mass is 32.2. The maximum atomic E-state index is 11.4. The number of carbonyl (C=O) groups excluding carboxylic acids is 1. The van der Waals surface area contributed by atoms with E-state index in [1.807, 2.05) is 26.0 Å². The molecule has 0 bridgehead atoms. The van der Waals surface area contributed by atoms with Crippen molar-refractivity contribution in [3.63, 3.8) is 0 Å². The zero-order valence-electron chi connectivity index (χ0n) is 16.0. The molecule has 1 N–H and O–H groups in total. The van der Waals surface area contributed by atoms with Crippen molar-refractivity contribution in [3.8, 4) is 11.4 Å². The van der Waals surface area contributed by atoms with Crippen LogP contribution < -0.4 is 4.74 Å². The summed E-state index contributed by atoms with van der Waals surface area (Å²) in [5, 5.41) is 22.7. The Morgan fingerprint density at radius 2 is 2.07 bits per heavy atom. The van der Waals surface area contributed by atoms with E-state index in [9.17, 15) is 9.90 Å². The van der Waals surface area contributed by atoms with Crippen LogP contribution in [0.3, 0.4) is 0 Å². The molecule has 3 rings (SSSR count). The number of tetrazole rings is 1. The molecule has 1 aromatic heterocycles. The quantitative estimate of drug-likeness (QED) is 0.461. The molecule has 146 valence electrons. The lowest BCUT2D eigenvalue weighted by Gasteiger charge is -2.13. The normalized spacial score (nSPS) is 12.0. The zero-order valence-corrected chi connectivity index (χ0v) is 16.8. The van der Waals surface area contributed by atoms with Gasteiger partial charge in [-0.2, -0.15) is 4.68 Å². The van der Waals surface area contributed by atoms with Crippen molar-refractivity contribution in [2.24, 2.45) is 0 Å². The molecule has 0 unspecified atom stereocenters. The van der Waals surface area contributed by atoms with E-state index >= 15 is 0 Å². The van der Waals surface area contributed by atoms with Crippen LogP contribution in [0.2, 0.25) is 0 Å². The fourth-order valence-corrected chi connectivity index (χ4v) is 3.47. The minimum absolute atomic E-state index is 0.0280. The summed E-state index contributed by atoms with van der Waals surface area (Å²) in [4.78, 5) is 11.4. The van der Waals surface area contributed by atoms with E-state index in [4.69, 9.17) is 4.74 Å². The molecule has 0 amide bonds. The van der Waals surface area contributed by atoms with Crippen LogP contribution in [0.25, 0.3) is 5.69 Å². The number of aryl methyl sites for hydroxylation is 2. The maximum Gasteiger partial charge on any atom is 0.214 e. The van der Waals surface area contributed by atoms with Gasteiger partial charge < -0.3 is 9.84 Å². The first kappa shape index (κ1) is 20.0. The van der Waals surface area contributed by atoms with Gasteiger partial charge in [0, 0.05) is 11.3 Å². The molecule has 0 aliphatic rings. The molecule has 0 radical (unpaired) electrons. The Hall–Kier alpha value is -2.71. The van der Waals surface area contributed by atoms with Gasteiger partial charge in [-0.15, -0.1) is 5.10 Å². The molecule has 0 spiro atoms. The van der Waals surface area contributed by atoms with E-state index in [0.29, 0.717) is 22.2 Å². The molecule has 0 fully saturated rings. The second kappa shape index (κ2) is 8.99. The van der Waals surface area contributed by atoms with E-state index < -0.39 is 6.10 Å². The first-order chi connectivity index (χ1) is 13.4. The second-order valence-electron chi connectivity index (χ2n) is 6.52. The topological polar surface area (TPSA) is 90.1 Å². The van der Waals surface area contributed by atoms with Crippen LogP contribution >= 0.6 is 11.8 Å². The third-order valence-corrected chi connectivity index (χ3v) is 5.17. The number of rotatable bonds is 8. The third-order valence-electron chi connectivity index (χ3n) is 4.11. The fourth-order valence-electron chi connectivity index (χ4n) is 2.68. The number of hydrogen-bond acceptors (Lipinski definition) is 7. The molecule has 28 heavy (non-hydrogen) atoms. The number of benzene rings is 2. The highest BCUT2D eigenvalue weighted by Crippen LogP contribution is 2.22. The number of ether oxygens (including phenoxy) is 1. The van der Waals surface area contributed by atoms with Gasteiger partial charge in [0.1, 0.15) is 12.4 Å². The third kappa shape index (κ3) is 4.96. The van der Waals surface area contributed by atoms with Crippen molar-refractivity contribution in [2.75, 3.05) is 12.4 Å². The number of aliphatic hydroxyl groups excluding tert-OH is 1. The lowest BCUT2D eigenvalue weighted by Crippen LogP contribution is -2.20. The van der Waals surface area contributed by atoms with Gasteiger partial charge in [0.15, 0.2) is 5.78 Å². The first-order valence-corrected chi connectivity index (χ1v) is 9.83. The predicted molar refractivity (Wildman–Crippen MR) is 107 cm³/mol. The number of thioether (sulfide) groups is 1. The van der Waals surface area contributed by atoms with Crippen LogP contribution in [0, 0.1) is 13.8 Å². The number of nitrogens with zero attached hydrogens (tertiary/aromatic N) is 4. The largest absolute Gasteiger partial charge is 0.491 e. The summed E-state index contributed by atoms with van der Waals surface area (Å²) >= 11 is 1.36. The molecule has 0 saturated heterocycles. The average molecular weight is 398 g/mol. The van der Waals surface area contributed by atoms with Gasteiger partial charge in [-0.05, 0) is 55.0 Å². The lowest BCUT2D eigenvalue weighted by atomic mass is 10.1.